The molecule has 27 heavy (non-hydrogen) atoms. The minimum Gasteiger partial charge on any atom is -0.455 e. The number of nitrogen functional groups attached to an aromatic ring is 1. The molecule has 1 saturated heterocycles. The quantitative estimate of drug-likeness (QED) is 0.523. The van der Waals surface area contributed by atoms with Crippen LogP contribution in [0.25, 0.3) is 0 Å². The molecule has 1 aliphatic rings. The zero-order chi connectivity index (χ0) is 20.7. The third-order valence-electron chi connectivity index (χ3n) is 3.88. The molecule has 4 atom stereocenters. The van der Waals surface area contributed by atoms with Crippen LogP contribution in [0.5, 0.6) is 0 Å². The largest absolute Gasteiger partial charge is 0.455 e. The van der Waals surface area contributed by atoms with Gasteiger partial charge in [0.05, 0.1) is 12.3 Å². The Labute approximate surface area is 165 Å². The summed E-state index contributed by atoms with van der Waals surface area (Å²) in [6.07, 6.45) is 0.0143. The summed E-state index contributed by atoms with van der Waals surface area (Å²) in [5.41, 5.74) is 4.56. The van der Waals surface area contributed by atoms with Gasteiger partial charge in [0.1, 0.15) is 6.23 Å². The molecule has 0 aliphatic carbocycles. The number of carbonyl (C=O) groups is 2. The lowest BCUT2D eigenvalue weighted by Crippen LogP contribution is -2.29. The monoisotopic (exact) mass is 449 g/mol. The van der Waals surface area contributed by atoms with Gasteiger partial charge in [-0.25, -0.2) is 9.18 Å². The topological polar surface area (TPSA) is 114 Å². The molecule has 152 valence electrons. The molecule has 10 heteroatoms. The van der Waals surface area contributed by atoms with Gasteiger partial charge in [0, 0.05) is 24.6 Å². The fourth-order valence-corrected chi connectivity index (χ4v) is 3.29. The highest BCUT2D eigenvalue weighted by Crippen LogP contribution is 2.35. The van der Waals surface area contributed by atoms with Gasteiger partial charge in [-0.2, -0.15) is 4.98 Å². The van der Waals surface area contributed by atoms with Crippen molar-refractivity contribution >= 4 is 33.5 Å². The molecule has 0 saturated carbocycles. The smallest absolute Gasteiger partial charge is 0.351 e. The number of esters is 1. The number of halogens is 2. The summed E-state index contributed by atoms with van der Waals surface area (Å²) in [5, 5.41) is 0. The molecule has 0 aromatic carbocycles. The minimum atomic E-state index is -0.818. The minimum absolute atomic E-state index is 0.123. The number of rotatable bonds is 6. The molecule has 1 aliphatic heterocycles. The number of ether oxygens (including phenoxy) is 2. The summed E-state index contributed by atoms with van der Waals surface area (Å²) in [6.45, 7) is 6.75. The molecule has 8 nitrogen and oxygen atoms in total. The maximum absolute atomic E-state index is 13.6. The van der Waals surface area contributed by atoms with E-state index in [1.165, 1.54) is 13.8 Å². The van der Waals surface area contributed by atoms with Crippen LogP contribution in [0.4, 0.5) is 10.2 Å². The van der Waals surface area contributed by atoms with E-state index in [-0.39, 0.29) is 23.1 Å². The highest BCUT2D eigenvalue weighted by molar-refractivity contribution is 9.09. The first-order valence-electron chi connectivity index (χ1n) is 8.72. The molecular weight excluding hydrogens is 425 g/mol. The average Bonchev–Trinajstić information content (AvgIpc) is 2.97. The van der Waals surface area contributed by atoms with Crippen molar-refractivity contribution < 1.29 is 23.5 Å². The number of nitrogens with two attached hydrogens (primary N) is 1. The molecule has 0 bridgehead atoms. The second kappa shape index (κ2) is 10.5. The molecule has 4 unspecified atom stereocenters. The van der Waals surface area contributed by atoms with E-state index in [4.69, 9.17) is 15.2 Å². The van der Waals surface area contributed by atoms with Crippen molar-refractivity contribution in [3.63, 3.8) is 0 Å². The van der Waals surface area contributed by atoms with Crippen molar-refractivity contribution in [3.8, 4) is 0 Å². The lowest BCUT2D eigenvalue weighted by molar-refractivity contribution is -0.152. The van der Waals surface area contributed by atoms with Crippen molar-refractivity contribution in [1.82, 2.24) is 9.55 Å². The Morgan fingerprint density at radius 3 is 2.74 bits per heavy atom. The fourth-order valence-electron chi connectivity index (χ4n) is 2.58. The van der Waals surface area contributed by atoms with Crippen molar-refractivity contribution in [2.24, 2.45) is 0 Å². The highest BCUT2D eigenvalue weighted by Gasteiger charge is 2.35. The summed E-state index contributed by atoms with van der Waals surface area (Å²) < 4.78 is 25.2. The molecular formula is C17H25BrFN3O5. The van der Waals surface area contributed by atoms with Gasteiger partial charge < -0.3 is 15.2 Å². The molecule has 2 N–H and O–H groups in total. The number of nitrogens with zero attached hydrogens (tertiary/aromatic N) is 2. The lowest BCUT2D eigenvalue weighted by Gasteiger charge is -2.17. The van der Waals surface area contributed by atoms with Crippen LogP contribution in [-0.4, -0.2) is 38.3 Å². The summed E-state index contributed by atoms with van der Waals surface area (Å²) in [7, 11) is 0. The molecule has 2 rings (SSSR count). The van der Waals surface area contributed by atoms with Crippen molar-refractivity contribution in [3.05, 3.63) is 22.5 Å². The normalized spacial score (nSPS) is 22.5. The second-order valence-electron chi connectivity index (χ2n) is 5.80. The number of ketones is 1. The zero-order valence-electron chi connectivity index (χ0n) is 15.8. The third kappa shape index (κ3) is 6.39. The Hall–Kier alpha value is -1.81. The molecule has 2 heterocycles. The Morgan fingerprint density at radius 1 is 1.52 bits per heavy atom. The maximum Gasteiger partial charge on any atom is 0.351 e. The van der Waals surface area contributed by atoms with Crippen molar-refractivity contribution in [2.75, 3.05) is 5.73 Å². The Bertz CT molecular complexity index is 727. The van der Waals surface area contributed by atoms with Gasteiger partial charge in [0.25, 0.3) is 0 Å². The Balaban J connectivity index is 0.00000176. The van der Waals surface area contributed by atoms with Crippen molar-refractivity contribution in [1.29, 1.82) is 0 Å². The van der Waals surface area contributed by atoms with Crippen LogP contribution < -0.4 is 11.4 Å². The van der Waals surface area contributed by atoms with E-state index in [1.807, 2.05) is 13.8 Å². The van der Waals surface area contributed by atoms with E-state index in [1.54, 1.807) is 0 Å². The van der Waals surface area contributed by atoms with Crippen LogP contribution in [0.1, 0.15) is 53.2 Å². The molecule has 0 spiro atoms. The average molecular weight is 450 g/mol. The van der Waals surface area contributed by atoms with Gasteiger partial charge in [-0.1, -0.05) is 29.8 Å². The molecule has 0 radical (unpaired) electrons. The summed E-state index contributed by atoms with van der Waals surface area (Å²) >= 11 is 3.45. The van der Waals surface area contributed by atoms with Gasteiger partial charge in [-0.05, 0) is 13.3 Å². The predicted octanol–water partition coefficient (Wildman–Crippen LogP) is 2.34. The van der Waals surface area contributed by atoms with Crippen LogP contribution in [-0.2, 0) is 19.1 Å². The van der Waals surface area contributed by atoms with Crippen LogP contribution in [0.2, 0.25) is 0 Å². The zero-order valence-corrected chi connectivity index (χ0v) is 17.4. The van der Waals surface area contributed by atoms with E-state index in [2.05, 4.69) is 20.9 Å². The number of alkyl halides is 1. The number of carbonyl (C=O) groups excluding carboxylic acids is 2. The number of anilines is 1. The molecule has 1 aromatic rings. The van der Waals surface area contributed by atoms with E-state index in [0.717, 1.165) is 10.8 Å². The summed E-state index contributed by atoms with van der Waals surface area (Å²) in [6, 6.07) is 0. The van der Waals surface area contributed by atoms with E-state index in [9.17, 15) is 18.8 Å². The summed E-state index contributed by atoms with van der Waals surface area (Å²) in [5.74, 6) is -2.01. The van der Waals surface area contributed by atoms with E-state index in [0.29, 0.717) is 12.8 Å². The van der Waals surface area contributed by atoms with Gasteiger partial charge >= 0.3 is 11.7 Å². The standard InChI is InChI=1S/C15H19BrFN3O5.C2H6/c1-7(24-8(2)21)11(22)3-4-12-9(16)5-13(25-12)20-6-10(17)14(18)19-15(20)23;1-2/h6-7,9,12-13H,3-5H2,1-2H3,(H2,18,19,23);1-2H3. The van der Waals surface area contributed by atoms with Crippen LogP contribution in [0.3, 0.4) is 0 Å². The van der Waals surface area contributed by atoms with Crippen LogP contribution in [0.15, 0.2) is 11.0 Å². The predicted molar refractivity (Wildman–Crippen MR) is 101 cm³/mol. The number of Topliss-reactive ketones (excluding diaryl/α,β-unsaturated/α-hetero) is 1. The maximum atomic E-state index is 13.6. The number of aromatic nitrogens is 2. The SMILES string of the molecule is CC.CC(=O)OC(C)C(=O)CCC1OC(n2cc(F)c(N)nc2=O)CC1Br. The first-order valence-corrected chi connectivity index (χ1v) is 9.64. The fraction of sp³-hybridized carbons (Fsp3) is 0.647. The van der Waals surface area contributed by atoms with E-state index < -0.39 is 35.6 Å². The first kappa shape index (κ1) is 23.2. The molecule has 0 amide bonds. The lowest BCUT2D eigenvalue weighted by atomic mass is 10.1. The second-order valence-corrected chi connectivity index (χ2v) is 6.98. The Kier molecular flexibility index (Phi) is 9.04. The van der Waals surface area contributed by atoms with Gasteiger partial charge in [0.2, 0.25) is 0 Å². The van der Waals surface area contributed by atoms with Gasteiger partial charge in [-0.3, -0.25) is 14.2 Å². The third-order valence-corrected chi connectivity index (χ3v) is 4.84. The first-order chi connectivity index (χ1) is 12.7. The molecule has 1 aromatic heterocycles. The summed E-state index contributed by atoms with van der Waals surface area (Å²) in [4.78, 5) is 38.0. The molecule has 1 fully saturated rings. The highest BCUT2D eigenvalue weighted by atomic mass is 79.9. The Morgan fingerprint density at radius 2 is 2.15 bits per heavy atom. The van der Waals surface area contributed by atoms with E-state index >= 15 is 0 Å². The van der Waals surface area contributed by atoms with Gasteiger partial charge in [-0.15, -0.1) is 0 Å². The van der Waals surface area contributed by atoms with Crippen molar-refractivity contribution in [2.45, 2.75) is 70.2 Å². The van der Waals surface area contributed by atoms with Crippen LogP contribution >= 0.6 is 15.9 Å². The number of hydrogen-bond donors (Lipinski definition) is 1. The number of hydrogen-bond acceptors (Lipinski definition) is 7. The van der Waals surface area contributed by atoms with Gasteiger partial charge in [0.15, 0.2) is 23.5 Å². The van der Waals surface area contributed by atoms with Crippen LogP contribution in [0, 0.1) is 5.82 Å².